The zero-order chi connectivity index (χ0) is 13.6. The number of carboxylic acid groups (broad SMARTS) is 1. The van der Waals surface area contributed by atoms with Gasteiger partial charge >= 0.3 is 5.97 Å². The summed E-state index contributed by atoms with van der Waals surface area (Å²) >= 11 is 0. The van der Waals surface area contributed by atoms with E-state index >= 15 is 0 Å². The number of hydrogen-bond acceptors (Lipinski definition) is 3. The number of rotatable bonds is 6. The summed E-state index contributed by atoms with van der Waals surface area (Å²) in [7, 11) is 0. The number of aliphatic carboxylic acids is 1. The third-order valence-corrected chi connectivity index (χ3v) is 2.60. The molecule has 5 heteroatoms. The molecule has 0 aliphatic heterocycles. The SMILES string of the molecule is CC(C)(CC(=O)O)C(=O)NCCc1ccccn1. The number of carbonyl (C=O) groups excluding carboxylic acids is 1. The van der Waals surface area contributed by atoms with Gasteiger partial charge in [0.15, 0.2) is 0 Å². The average molecular weight is 250 g/mol. The molecule has 0 saturated carbocycles. The molecule has 0 radical (unpaired) electrons. The second-order valence-corrected chi connectivity index (χ2v) is 4.78. The van der Waals surface area contributed by atoms with Crippen molar-refractivity contribution in [1.29, 1.82) is 0 Å². The second-order valence-electron chi connectivity index (χ2n) is 4.78. The van der Waals surface area contributed by atoms with E-state index < -0.39 is 11.4 Å². The maximum absolute atomic E-state index is 11.8. The van der Waals surface area contributed by atoms with Gasteiger partial charge in [-0.3, -0.25) is 14.6 Å². The van der Waals surface area contributed by atoms with E-state index in [0.717, 1.165) is 5.69 Å². The van der Waals surface area contributed by atoms with E-state index in [4.69, 9.17) is 5.11 Å². The van der Waals surface area contributed by atoms with Crippen LogP contribution in [0.2, 0.25) is 0 Å². The van der Waals surface area contributed by atoms with Crippen LogP contribution in [0.1, 0.15) is 26.0 Å². The van der Waals surface area contributed by atoms with Crippen molar-refractivity contribution in [3.8, 4) is 0 Å². The lowest BCUT2D eigenvalue weighted by Gasteiger charge is -2.21. The molecule has 18 heavy (non-hydrogen) atoms. The van der Waals surface area contributed by atoms with E-state index in [1.165, 1.54) is 0 Å². The van der Waals surface area contributed by atoms with Crippen LogP contribution in [0.3, 0.4) is 0 Å². The third-order valence-electron chi connectivity index (χ3n) is 2.60. The van der Waals surface area contributed by atoms with Crippen molar-refractivity contribution in [2.75, 3.05) is 6.54 Å². The van der Waals surface area contributed by atoms with Gasteiger partial charge in [-0.2, -0.15) is 0 Å². The summed E-state index contributed by atoms with van der Waals surface area (Å²) in [6, 6.07) is 5.60. The highest BCUT2D eigenvalue weighted by atomic mass is 16.4. The van der Waals surface area contributed by atoms with Crippen LogP contribution in [0.25, 0.3) is 0 Å². The monoisotopic (exact) mass is 250 g/mol. The molecule has 0 aliphatic rings. The molecule has 0 fully saturated rings. The topological polar surface area (TPSA) is 79.3 Å². The van der Waals surface area contributed by atoms with E-state index in [1.54, 1.807) is 20.0 Å². The second kappa shape index (κ2) is 6.14. The van der Waals surface area contributed by atoms with Crippen LogP contribution in [-0.4, -0.2) is 28.5 Å². The Balaban J connectivity index is 2.39. The Morgan fingerprint density at radius 3 is 2.67 bits per heavy atom. The quantitative estimate of drug-likeness (QED) is 0.796. The van der Waals surface area contributed by atoms with E-state index in [1.807, 2.05) is 18.2 Å². The Morgan fingerprint density at radius 1 is 1.39 bits per heavy atom. The number of pyridine rings is 1. The molecule has 1 amide bonds. The maximum Gasteiger partial charge on any atom is 0.304 e. The van der Waals surface area contributed by atoms with E-state index in [2.05, 4.69) is 10.3 Å². The molecule has 0 unspecified atom stereocenters. The largest absolute Gasteiger partial charge is 0.481 e. The van der Waals surface area contributed by atoms with E-state index in [0.29, 0.717) is 13.0 Å². The van der Waals surface area contributed by atoms with Crippen LogP contribution in [0.15, 0.2) is 24.4 Å². The Labute approximate surface area is 106 Å². The molecule has 5 nitrogen and oxygen atoms in total. The van der Waals surface area contributed by atoms with Gasteiger partial charge in [0.2, 0.25) is 5.91 Å². The average Bonchev–Trinajstić information content (AvgIpc) is 2.28. The molecule has 0 spiro atoms. The van der Waals surface area contributed by atoms with Crippen LogP contribution in [0, 0.1) is 5.41 Å². The summed E-state index contributed by atoms with van der Waals surface area (Å²) in [5.74, 6) is -1.22. The first-order valence-corrected chi connectivity index (χ1v) is 5.82. The molecule has 1 heterocycles. The summed E-state index contributed by atoms with van der Waals surface area (Å²) in [6.45, 7) is 3.70. The maximum atomic E-state index is 11.8. The highest BCUT2D eigenvalue weighted by Gasteiger charge is 2.29. The predicted octanol–water partition coefficient (Wildman–Crippen LogP) is 1.24. The van der Waals surface area contributed by atoms with Crippen LogP contribution in [0.5, 0.6) is 0 Å². The van der Waals surface area contributed by atoms with Gasteiger partial charge in [-0.05, 0) is 12.1 Å². The number of carboxylic acids is 1. The summed E-state index contributed by atoms with van der Waals surface area (Å²) in [5.41, 5.74) is 0.00417. The van der Waals surface area contributed by atoms with Crippen LogP contribution in [0.4, 0.5) is 0 Å². The molecule has 0 aliphatic carbocycles. The highest BCUT2D eigenvalue weighted by molar-refractivity contribution is 5.86. The first-order chi connectivity index (χ1) is 8.42. The van der Waals surface area contributed by atoms with Gasteiger partial charge in [0.1, 0.15) is 0 Å². The minimum Gasteiger partial charge on any atom is -0.481 e. The summed E-state index contributed by atoms with van der Waals surface area (Å²) in [4.78, 5) is 26.6. The van der Waals surface area contributed by atoms with Crippen molar-refractivity contribution in [2.45, 2.75) is 26.7 Å². The molecule has 0 bridgehead atoms. The smallest absolute Gasteiger partial charge is 0.304 e. The standard InChI is InChI=1S/C13H18N2O3/c1-13(2,9-11(16)17)12(18)15-8-6-10-5-3-4-7-14-10/h3-5,7H,6,8-9H2,1-2H3,(H,15,18)(H,16,17). The lowest BCUT2D eigenvalue weighted by molar-refractivity contribution is -0.144. The van der Waals surface area contributed by atoms with E-state index in [9.17, 15) is 9.59 Å². The molecule has 2 N–H and O–H groups in total. The van der Waals surface area contributed by atoms with Gasteiger partial charge in [-0.15, -0.1) is 0 Å². The van der Waals surface area contributed by atoms with Crippen molar-refractivity contribution >= 4 is 11.9 Å². The predicted molar refractivity (Wildman–Crippen MR) is 67.0 cm³/mol. The van der Waals surface area contributed by atoms with Crippen molar-refractivity contribution in [1.82, 2.24) is 10.3 Å². The number of nitrogens with one attached hydrogen (secondary N) is 1. The molecular formula is C13H18N2O3. The normalized spacial score (nSPS) is 11.0. The Bertz CT molecular complexity index is 416. The Hall–Kier alpha value is -1.91. The zero-order valence-corrected chi connectivity index (χ0v) is 10.6. The fourth-order valence-corrected chi connectivity index (χ4v) is 1.55. The number of amides is 1. The number of nitrogens with zero attached hydrogens (tertiary/aromatic N) is 1. The number of aromatic nitrogens is 1. The van der Waals surface area contributed by atoms with E-state index in [-0.39, 0.29) is 12.3 Å². The Kier molecular flexibility index (Phi) is 4.83. The van der Waals surface area contributed by atoms with Crippen molar-refractivity contribution < 1.29 is 14.7 Å². The summed E-state index contributed by atoms with van der Waals surface area (Å²) in [6.07, 6.45) is 2.16. The molecule has 1 aromatic heterocycles. The summed E-state index contributed by atoms with van der Waals surface area (Å²) < 4.78 is 0. The summed E-state index contributed by atoms with van der Waals surface area (Å²) in [5, 5.41) is 11.4. The van der Waals surface area contributed by atoms with Crippen molar-refractivity contribution in [2.24, 2.45) is 5.41 Å². The molecule has 1 rings (SSSR count). The van der Waals surface area contributed by atoms with Gasteiger partial charge in [0.25, 0.3) is 0 Å². The molecular weight excluding hydrogens is 232 g/mol. The fraction of sp³-hybridized carbons (Fsp3) is 0.462. The van der Waals surface area contributed by atoms with Gasteiger partial charge in [0.05, 0.1) is 11.8 Å². The molecule has 0 saturated heterocycles. The van der Waals surface area contributed by atoms with Gasteiger partial charge < -0.3 is 10.4 Å². The zero-order valence-electron chi connectivity index (χ0n) is 10.6. The first kappa shape index (κ1) is 14.2. The third kappa shape index (κ3) is 4.53. The van der Waals surface area contributed by atoms with Gasteiger partial charge in [-0.1, -0.05) is 19.9 Å². The molecule has 0 atom stereocenters. The molecule has 0 aromatic carbocycles. The minimum absolute atomic E-state index is 0.178. The molecule has 1 aromatic rings. The fourth-order valence-electron chi connectivity index (χ4n) is 1.55. The van der Waals surface area contributed by atoms with Crippen LogP contribution >= 0.6 is 0 Å². The lowest BCUT2D eigenvalue weighted by atomic mass is 9.88. The Morgan fingerprint density at radius 2 is 2.11 bits per heavy atom. The van der Waals surface area contributed by atoms with Crippen LogP contribution in [-0.2, 0) is 16.0 Å². The lowest BCUT2D eigenvalue weighted by Crippen LogP contribution is -2.39. The number of hydrogen-bond donors (Lipinski definition) is 2. The first-order valence-electron chi connectivity index (χ1n) is 5.82. The molecule has 98 valence electrons. The van der Waals surface area contributed by atoms with Crippen molar-refractivity contribution in [3.63, 3.8) is 0 Å². The number of carbonyl (C=O) groups is 2. The van der Waals surface area contributed by atoms with Crippen LogP contribution < -0.4 is 5.32 Å². The van der Waals surface area contributed by atoms with Crippen molar-refractivity contribution in [3.05, 3.63) is 30.1 Å². The van der Waals surface area contributed by atoms with Gasteiger partial charge in [-0.25, -0.2) is 0 Å². The minimum atomic E-state index is -0.972. The van der Waals surface area contributed by atoms with Gasteiger partial charge in [0, 0.05) is 24.9 Å². The highest BCUT2D eigenvalue weighted by Crippen LogP contribution is 2.20.